The zero-order valence-corrected chi connectivity index (χ0v) is 14.7. The van der Waals surface area contributed by atoms with Crippen LogP contribution in [0, 0.1) is 0 Å². The number of benzene rings is 1. The second-order valence-electron chi connectivity index (χ2n) is 6.32. The highest BCUT2D eigenvalue weighted by Crippen LogP contribution is 2.13. The molecule has 0 aliphatic carbocycles. The largest absolute Gasteiger partial charge is 0.295 e. The molecule has 25 heavy (non-hydrogen) atoms. The van der Waals surface area contributed by atoms with Crippen molar-refractivity contribution in [3.63, 3.8) is 0 Å². The zero-order valence-electron chi connectivity index (χ0n) is 14.0. The van der Waals surface area contributed by atoms with Crippen LogP contribution in [0.1, 0.15) is 22.9 Å². The average Bonchev–Trinajstić information content (AvgIpc) is 2.92. The molecule has 0 spiro atoms. The number of rotatable bonds is 4. The fourth-order valence-corrected chi connectivity index (χ4v) is 3.25. The summed E-state index contributed by atoms with van der Waals surface area (Å²) in [5, 5.41) is 5.38. The van der Waals surface area contributed by atoms with Crippen LogP contribution in [0.25, 0.3) is 0 Å². The predicted octanol–water partition coefficient (Wildman–Crippen LogP) is 2.98. The van der Waals surface area contributed by atoms with Gasteiger partial charge in [-0.3, -0.25) is 9.88 Å². The molecule has 0 saturated heterocycles. The number of aromatic nitrogens is 4. The van der Waals surface area contributed by atoms with Crippen LogP contribution in [0.3, 0.4) is 0 Å². The van der Waals surface area contributed by atoms with Crippen LogP contribution in [0.2, 0.25) is 5.02 Å². The molecule has 1 aliphatic heterocycles. The normalized spacial score (nSPS) is 14.9. The van der Waals surface area contributed by atoms with E-state index in [0.717, 1.165) is 56.4 Å². The van der Waals surface area contributed by atoms with E-state index < -0.39 is 0 Å². The van der Waals surface area contributed by atoms with Gasteiger partial charge in [-0.25, -0.2) is 9.67 Å². The van der Waals surface area contributed by atoms with E-state index in [9.17, 15) is 0 Å². The molecule has 1 aliphatic rings. The number of halogens is 1. The highest BCUT2D eigenvalue weighted by molar-refractivity contribution is 6.30. The van der Waals surface area contributed by atoms with Crippen molar-refractivity contribution in [2.75, 3.05) is 13.1 Å². The van der Waals surface area contributed by atoms with Gasteiger partial charge < -0.3 is 0 Å². The summed E-state index contributed by atoms with van der Waals surface area (Å²) in [7, 11) is 0. The van der Waals surface area contributed by atoms with Crippen LogP contribution in [-0.2, 0) is 25.9 Å². The molecule has 4 rings (SSSR count). The topological polar surface area (TPSA) is 46.8 Å². The van der Waals surface area contributed by atoms with Crippen LogP contribution in [-0.4, -0.2) is 37.7 Å². The molecule has 0 fully saturated rings. The van der Waals surface area contributed by atoms with E-state index in [1.54, 1.807) is 6.20 Å². The van der Waals surface area contributed by atoms with Gasteiger partial charge in [-0.05, 0) is 17.7 Å². The summed E-state index contributed by atoms with van der Waals surface area (Å²) in [6.07, 6.45) is 3.41. The maximum absolute atomic E-state index is 5.90. The van der Waals surface area contributed by atoms with Gasteiger partial charge in [-0.2, -0.15) is 5.10 Å². The van der Waals surface area contributed by atoms with Crippen LogP contribution in [0.5, 0.6) is 0 Å². The lowest BCUT2D eigenvalue weighted by atomic mass is 10.1. The number of nitrogens with zero attached hydrogens (tertiary/aromatic N) is 5. The zero-order chi connectivity index (χ0) is 17.1. The summed E-state index contributed by atoms with van der Waals surface area (Å²) in [5.74, 6) is 1.99. The Bertz CT molecular complexity index is 803. The molecule has 1 aromatic carbocycles. The first-order valence-electron chi connectivity index (χ1n) is 8.55. The van der Waals surface area contributed by atoms with Gasteiger partial charge in [0.25, 0.3) is 0 Å². The summed E-state index contributed by atoms with van der Waals surface area (Å²) in [5.41, 5.74) is 2.29. The molecule has 6 heteroatoms. The third-order valence-corrected chi connectivity index (χ3v) is 4.67. The van der Waals surface area contributed by atoms with E-state index in [0.29, 0.717) is 5.02 Å². The summed E-state index contributed by atoms with van der Waals surface area (Å²) in [4.78, 5) is 11.5. The van der Waals surface area contributed by atoms with Crippen LogP contribution < -0.4 is 0 Å². The Labute approximate surface area is 152 Å². The van der Waals surface area contributed by atoms with Gasteiger partial charge in [0, 0.05) is 38.7 Å². The molecular formula is C19H20ClN5. The van der Waals surface area contributed by atoms with Gasteiger partial charge in [-0.15, -0.1) is 0 Å². The highest BCUT2D eigenvalue weighted by Gasteiger charge is 2.18. The third-order valence-electron chi connectivity index (χ3n) is 4.45. The van der Waals surface area contributed by atoms with Gasteiger partial charge in [0.05, 0.1) is 17.3 Å². The van der Waals surface area contributed by atoms with Crippen LogP contribution in [0.15, 0.2) is 48.7 Å². The molecule has 2 aromatic heterocycles. The van der Waals surface area contributed by atoms with E-state index in [1.165, 1.54) is 5.56 Å². The van der Waals surface area contributed by atoms with Gasteiger partial charge in [0.1, 0.15) is 5.82 Å². The van der Waals surface area contributed by atoms with Crippen LogP contribution >= 0.6 is 11.6 Å². The predicted molar refractivity (Wildman–Crippen MR) is 97.5 cm³/mol. The van der Waals surface area contributed by atoms with Crippen molar-refractivity contribution >= 4 is 11.6 Å². The fraction of sp³-hybridized carbons (Fsp3) is 0.316. The van der Waals surface area contributed by atoms with E-state index in [1.807, 2.05) is 18.2 Å². The Kier molecular flexibility index (Phi) is 4.76. The molecule has 0 unspecified atom stereocenters. The molecule has 0 radical (unpaired) electrons. The molecule has 5 nitrogen and oxygen atoms in total. The monoisotopic (exact) mass is 353 g/mol. The molecule has 3 aromatic rings. The maximum Gasteiger partial charge on any atom is 0.155 e. The first-order chi connectivity index (χ1) is 12.3. The standard InChI is InChI=1S/C19H20ClN5/c20-16-6-7-17(21-13-16)14-24-9-8-19-22-18(23-25(19)11-10-24)12-15-4-2-1-3-5-15/h1-7,13H,8-12,14H2. The molecule has 0 N–H and O–H groups in total. The summed E-state index contributed by atoms with van der Waals surface area (Å²) in [6, 6.07) is 14.3. The van der Waals surface area contributed by atoms with Crippen molar-refractivity contribution in [3.8, 4) is 0 Å². The second kappa shape index (κ2) is 7.33. The van der Waals surface area contributed by atoms with Gasteiger partial charge in [-0.1, -0.05) is 41.9 Å². The maximum atomic E-state index is 5.90. The van der Waals surface area contributed by atoms with Crippen molar-refractivity contribution in [2.24, 2.45) is 0 Å². The fourth-order valence-electron chi connectivity index (χ4n) is 3.14. The number of hydrogen-bond acceptors (Lipinski definition) is 4. The highest BCUT2D eigenvalue weighted by atomic mass is 35.5. The Hall–Kier alpha value is -2.24. The van der Waals surface area contributed by atoms with Gasteiger partial charge in [0.2, 0.25) is 0 Å². The van der Waals surface area contributed by atoms with E-state index >= 15 is 0 Å². The molecule has 0 saturated carbocycles. The van der Waals surface area contributed by atoms with E-state index in [-0.39, 0.29) is 0 Å². The quantitative estimate of drug-likeness (QED) is 0.723. The van der Waals surface area contributed by atoms with Gasteiger partial charge in [0.15, 0.2) is 5.82 Å². The first-order valence-corrected chi connectivity index (χ1v) is 8.93. The number of fused-ring (bicyclic) bond motifs is 1. The second-order valence-corrected chi connectivity index (χ2v) is 6.76. The summed E-state index contributed by atoms with van der Waals surface area (Å²) in [6.45, 7) is 3.61. The minimum Gasteiger partial charge on any atom is -0.295 e. The van der Waals surface area contributed by atoms with Crippen molar-refractivity contribution in [1.82, 2.24) is 24.6 Å². The number of hydrogen-bond donors (Lipinski definition) is 0. The minimum atomic E-state index is 0.676. The SMILES string of the molecule is Clc1ccc(CN2CCc3nc(Cc4ccccc4)nn3CC2)nc1. The summed E-state index contributed by atoms with van der Waals surface area (Å²) >= 11 is 5.90. The molecule has 128 valence electrons. The Balaban J connectivity index is 1.39. The Morgan fingerprint density at radius 1 is 1.00 bits per heavy atom. The smallest absolute Gasteiger partial charge is 0.155 e. The van der Waals surface area contributed by atoms with Crippen molar-refractivity contribution in [3.05, 3.63) is 76.6 Å². The lowest BCUT2D eigenvalue weighted by molar-refractivity contribution is 0.265. The Morgan fingerprint density at radius 3 is 2.68 bits per heavy atom. The van der Waals surface area contributed by atoms with Crippen molar-refractivity contribution in [2.45, 2.75) is 25.9 Å². The lowest BCUT2D eigenvalue weighted by Gasteiger charge is -2.18. The molecule has 3 heterocycles. The van der Waals surface area contributed by atoms with Gasteiger partial charge >= 0.3 is 0 Å². The third kappa shape index (κ3) is 4.06. The average molecular weight is 354 g/mol. The lowest BCUT2D eigenvalue weighted by Crippen LogP contribution is -2.27. The van der Waals surface area contributed by atoms with E-state index in [4.69, 9.17) is 21.7 Å². The molecule has 0 bridgehead atoms. The molecule has 0 amide bonds. The number of pyridine rings is 1. The van der Waals surface area contributed by atoms with E-state index in [2.05, 4.69) is 38.8 Å². The summed E-state index contributed by atoms with van der Waals surface area (Å²) < 4.78 is 2.06. The minimum absolute atomic E-state index is 0.676. The van der Waals surface area contributed by atoms with Crippen molar-refractivity contribution in [1.29, 1.82) is 0 Å². The molecule has 0 atom stereocenters. The van der Waals surface area contributed by atoms with Crippen LogP contribution in [0.4, 0.5) is 0 Å². The van der Waals surface area contributed by atoms with Crippen molar-refractivity contribution < 1.29 is 0 Å². The Morgan fingerprint density at radius 2 is 1.88 bits per heavy atom. The first kappa shape index (κ1) is 16.2. The molecular weight excluding hydrogens is 334 g/mol.